The van der Waals surface area contributed by atoms with E-state index in [1.807, 2.05) is 24.3 Å². The summed E-state index contributed by atoms with van der Waals surface area (Å²) in [6, 6.07) is 15.8. The SMILES string of the molecule is C[C@@H](CC(=O)NC[C@H]1CCO[C@H]1C(=O)O)NC(=O)OCC1c2ccccc2-c2ccccc21. The van der Waals surface area contributed by atoms with Gasteiger partial charge in [0.25, 0.3) is 0 Å². The first-order valence-electron chi connectivity index (χ1n) is 11.2. The van der Waals surface area contributed by atoms with Gasteiger partial charge in [-0.15, -0.1) is 0 Å². The summed E-state index contributed by atoms with van der Waals surface area (Å²) in [5, 5.41) is 14.6. The van der Waals surface area contributed by atoms with E-state index in [9.17, 15) is 14.4 Å². The van der Waals surface area contributed by atoms with Crippen LogP contribution in [0.1, 0.15) is 36.8 Å². The number of carbonyl (C=O) groups excluding carboxylic acids is 2. The zero-order chi connectivity index (χ0) is 23.4. The van der Waals surface area contributed by atoms with Crippen molar-refractivity contribution >= 4 is 18.0 Å². The molecule has 2 aromatic rings. The van der Waals surface area contributed by atoms with Crippen molar-refractivity contribution in [1.82, 2.24) is 10.6 Å². The summed E-state index contributed by atoms with van der Waals surface area (Å²) in [6.07, 6.45) is -0.811. The fourth-order valence-electron chi connectivity index (χ4n) is 4.60. The molecule has 174 valence electrons. The molecule has 1 heterocycles. The van der Waals surface area contributed by atoms with E-state index in [0.29, 0.717) is 13.0 Å². The van der Waals surface area contributed by atoms with Gasteiger partial charge in [0.05, 0.1) is 0 Å². The Labute approximate surface area is 192 Å². The van der Waals surface area contributed by atoms with Gasteiger partial charge in [-0.05, 0) is 35.6 Å². The van der Waals surface area contributed by atoms with Crippen molar-refractivity contribution in [2.75, 3.05) is 19.8 Å². The minimum absolute atomic E-state index is 0.0300. The number of hydrogen-bond donors (Lipinski definition) is 3. The lowest BCUT2D eigenvalue weighted by Gasteiger charge is -2.18. The average Bonchev–Trinajstić information content (AvgIpc) is 3.39. The van der Waals surface area contributed by atoms with Gasteiger partial charge in [-0.25, -0.2) is 9.59 Å². The lowest BCUT2D eigenvalue weighted by atomic mass is 9.98. The Morgan fingerprint density at radius 1 is 1.09 bits per heavy atom. The molecule has 8 nitrogen and oxygen atoms in total. The van der Waals surface area contributed by atoms with Gasteiger partial charge in [0, 0.05) is 37.5 Å². The molecular weight excluding hydrogens is 424 g/mol. The number of benzene rings is 2. The molecular formula is C25H28N2O6. The second kappa shape index (κ2) is 10.0. The molecule has 1 aliphatic heterocycles. The topological polar surface area (TPSA) is 114 Å². The fourth-order valence-corrected chi connectivity index (χ4v) is 4.60. The zero-order valence-electron chi connectivity index (χ0n) is 18.5. The van der Waals surface area contributed by atoms with E-state index in [-0.39, 0.29) is 37.3 Å². The van der Waals surface area contributed by atoms with Crippen molar-refractivity contribution in [3.63, 3.8) is 0 Å². The van der Waals surface area contributed by atoms with Crippen LogP contribution in [0.25, 0.3) is 11.1 Å². The normalized spacial score (nSPS) is 19.9. The number of rotatable bonds is 8. The van der Waals surface area contributed by atoms with Crippen molar-refractivity contribution in [1.29, 1.82) is 0 Å². The summed E-state index contributed by atoms with van der Waals surface area (Å²) in [6.45, 7) is 2.53. The average molecular weight is 453 g/mol. The van der Waals surface area contributed by atoms with Crippen molar-refractivity contribution in [3.05, 3.63) is 59.7 Å². The monoisotopic (exact) mass is 452 g/mol. The number of carboxylic acid groups (broad SMARTS) is 1. The third-order valence-electron chi connectivity index (χ3n) is 6.22. The first kappa shape index (κ1) is 22.8. The smallest absolute Gasteiger partial charge is 0.407 e. The summed E-state index contributed by atoms with van der Waals surface area (Å²) >= 11 is 0. The van der Waals surface area contributed by atoms with Crippen LogP contribution in [0, 0.1) is 5.92 Å². The molecule has 4 rings (SSSR count). The Bertz CT molecular complexity index is 994. The van der Waals surface area contributed by atoms with E-state index in [2.05, 4.69) is 34.9 Å². The number of amides is 2. The molecule has 8 heteroatoms. The number of carbonyl (C=O) groups is 3. The highest BCUT2D eigenvalue weighted by Crippen LogP contribution is 2.44. The van der Waals surface area contributed by atoms with Gasteiger partial charge >= 0.3 is 12.1 Å². The van der Waals surface area contributed by atoms with Crippen LogP contribution in [-0.2, 0) is 19.1 Å². The Kier molecular flexibility index (Phi) is 6.93. The molecule has 1 aliphatic carbocycles. The first-order valence-corrected chi connectivity index (χ1v) is 11.2. The molecule has 2 aliphatic rings. The molecule has 1 fully saturated rings. The molecule has 0 bridgehead atoms. The minimum atomic E-state index is -1.02. The number of aliphatic carboxylic acids is 1. The number of ether oxygens (including phenoxy) is 2. The van der Waals surface area contributed by atoms with Crippen molar-refractivity contribution in [3.8, 4) is 11.1 Å². The Morgan fingerprint density at radius 3 is 2.36 bits per heavy atom. The van der Waals surface area contributed by atoms with Gasteiger partial charge in [0.15, 0.2) is 6.10 Å². The molecule has 0 radical (unpaired) electrons. The highest BCUT2D eigenvalue weighted by molar-refractivity contribution is 5.80. The van der Waals surface area contributed by atoms with Gasteiger partial charge in [0.2, 0.25) is 5.91 Å². The minimum Gasteiger partial charge on any atom is -0.479 e. The highest BCUT2D eigenvalue weighted by Gasteiger charge is 2.34. The molecule has 3 N–H and O–H groups in total. The van der Waals surface area contributed by atoms with Crippen LogP contribution >= 0.6 is 0 Å². The highest BCUT2D eigenvalue weighted by atomic mass is 16.5. The Balaban J connectivity index is 1.24. The fraction of sp³-hybridized carbons (Fsp3) is 0.400. The Hall–Kier alpha value is -3.39. The molecule has 1 saturated heterocycles. The molecule has 2 aromatic carbocycles. The van der Waals surface area contributed by atoms with Crippen LogP contribution in [0.2, 0.25) is 0 Å². The van der Waals surface area contributed by atoms with Crippen LogP contribution in [-0.4, -0.2) is 55.0 Å². The molecule has 0 unspecified atom stereocenters. The molecule has 33 heavy (non-hydrogen) atoms. The molecule has 2 amide bonds. The second-order valence-corrected chi connectivity index (χ2v) is 8.56. The van der Waals surface area contributed by atoms with Gasteiger partial charge in [-0.2, -0.15) is 0 Å². The number of fused-ring (bicyclic) bond motifs is 3. The summed E-state index contributed by atoms with van der Waals surface area (Å²) in [5.41, 5.74) is 4.58. The van der Waals surface area contributed by atoms with Crippen LogP contribution in [0.3, 0.4) is 0 Å². The zero-order valence-corrected chi connectivity index (χ0v) is 18.5. The van der Waals surface area contributed by atoms with E-state index in [1.165, 1.54) is 0 Å². The first-order chi connectivity index (χ1) is 15.9. The molecule has 0 spiro atoms. The number of carboxylic acids is 1. The maximum absolute atomic E-state index is 12.4. The lowest BCUT2D eigenvalue weighted by molar-refractivity contribution is -0.149. The quantitative estimate of drug-likeness (QED) is 0.568. The predicted octanol–water partition coefficient (Wildman–Crippen LogP) is 2.91. The Morgan fingerprint density at radius 2 is 1.73 bits per heavy atom. The van der Waals surface area contributed by atoms with Gasteiger partial charge in [0.1, 0.15) is 6.61 Å². The van der Waals surface area contributed by atoms with Gasteiger partial charge in [-0.1, -0.05) is 48.5 Å². The van der Waals surface area contributed by atoms with Gasteiger partial charge < -0.3 is 25.2 Å². The predicted molar refractivity (Wildman–Crippen MR) is 121 cm³/mol. The van der Waals surface area contributed by atoms with Crippen LogP contribution in [0.4, 0.5) is 4.79 Å². The lowest BCUT2D eigenvalue weighted by Crippen LogP contribution is -2.40. The molecule has 3 atom stereocenters. The third kappa shape index (κ3) is 5.17. The van der Waals surface area contributed by atoms with Gasteiger partial charge in [-0.3, -0.25) is 4.79 Å². The maximum atomic E-state index is 12.4. The van der Waals surface area contributed by atoms with Crippen molar-refractivity contribution in [2.24, 2.45) is 5.92 Å². The van der Waals surface area contributed by atoms with E-state index < -0.39 is 24.2 Å². The van der Waals surface area contributed by atoms with E-state index >= 15 is 0 Å². The number of nitrogens with one attached hydrogen (secondary N) is 2. The maximum Gasteiger partial charge on any atom is 0.407 e. The summed E-state index contributed by atoms with van der Waals surface area (Å²) in [5.74, 6) is -1.57. The van der Waals surface area contributed by atoms with Crippen LogP contribution in [0.5, 0.6) is 0 Å². The standard InChI is InChI=1S/C25H28N2O6/c1-15(12-22(28)26-13-16-10-11-32-23(16)24(29)30)27-25(31)33-14-21-19-8-4-2-6-17(19)18-7-3-5-9-20(18)21/h2-9,15-16,21,23H,10-14H2,1H3,(H,26,28)(H,27,31)(H,29,30)/t15-,16+,23+/m0/s1. The van der Waals surface area contributed by atoms with Crippen LogP contribution in [0.15, 0.2) is 48.5 Å². The number of alkyl carbamates (subject to hydrolysis) is 1. The van der Waals surface area contributed by atoms with Crippen molar-refractivity contribution in [2.45, 2.75) is 37.8 Å². The van der Waals surface area contributed by atoms with E-state index in [4.69, 9.17) is 14.6 Å². The summed E-state index contributed by atoms with van der Waals surface area (Å²) < 4.78 is 10.7. The van der Waals surface area contributed by atoms with Crippen LogP contribution < -0.4 is 10.6 Å². The second-order valence-electron chi connectivity index (χ2n) is 8.56. The molecule has 0 saturated carbocycles. The summed E-state index contributed by atoms with van der Waals surface area (Å²) in [4.78, 5) is 35.7. The third-order valence-corrected chi connectivity index (χ3v) is 6.22. The van der Waals surface area contributed by atoms with E-state index in [1.54, 1.807) is 6.92 Å². The van der Waals surface area contributed by atoms with E-state index in [0.717, 1.165) is 22.3 Å². The largest absolute Gasteiger partial charge is 0.479 e. The molecule has 0 aromatic heterocycles. The van der Waals surface area contributed by atoms with Crippen molar-refractivity contribution < 1.29 is 29.0 Å². The summed E-state index contributed by atoms with van der Waals surface area (Å²) in [7, 11) is 0. The number of hydrogen-bond acceptors (Lipinski definition) is 5.